The SMILES string of the molecule is c1cc(-c2cnc3sc4ccccc4c3c2)nc(-c2cc(-n3c4ccccc4c4cnccc43)ccn2)c1. The van der Waals surface area contributed by atoms with E-state index in [4.69, 9.17) is 15.0 Å². The van der Waals surface area contributed by atoms with Crippen LogP contribution in [-0.4, -0.2) is 24.5 Å². The van der Waals surface area contributed by atoms with Crippen LogP contribution >= 0.6 is 11.3 Å². The summed E-state index contributed by atoms with van der Waals surface area (Å²) < 4.78 is 3.51. The van der Waals surface area contributed by atoms with Gasteiger partial charge in [-0.05, 0) is 48.5 Å². The average molecular weight is 506 g/mol. The van der Waals surface area contributed by atoms with Crippen LogP contribution in [0.4, 0.5) is 0 Å². The van der Waals surface area contributed by atoms with Gasteiger partial charge in [-0.2, -0.15) is 0 Å². The predicted molar refractivity (Wildman–Crippen MR) is 156 cm³/mol. The van der Waals surface area contributed by atoms with Gasteiger partial charge in [0.1, 0.15) is 4.83 Å². The Morgan fingerprint density at radius 1 is 0.579 bits per heavy atom. The normalized spacial score (nSPS) is 11.7. The molecule has 2 aromatic carbocycles. The van der Waals surface area contributed by atoms with E-state index in [-0.39, 0.29) is 0 Å². The van der Waals surface area contributed by atoms with E-state index in [0.29, 0.717) is 0 Å². The van der Waals surface area contributed by atoms with Gasteiger partial charge in [0.05, 0.1) is 28.1 Å². The molecule has 0 N–H and O–H groups in total. The number of aromatic nitrogens is 5. The Hall–Kier alpha value is -4.94. The molecule has 0 saturated carbocycles. The van der Waals surface area contributed by atoms with Gasteiger partial charge in [-0.25, -0.2) is 9.97 Å². The number of hydrogen-bond acceptors (Lipinski definition) is 5. The van der Waals surface area contributed by atoms with Crippen LogP contribution in [0, 0.1) is 0 Å². The molecule has 0 fully saturated rings. The lowest BCUT2D eigenvalue weighted by Crippen LogP contribution is -1.97. The summed E-state index contributed by atoms with van der Waals surface area (Å²) in [6.45, 7) is 0. The highest BCUT2D eigenvalue weighted by molar-refractivity contribution is 7.25. The fourth-order valence-corrected chi connectivity index (χ4v) is 6.31. The Balaban J connectivity index is 1.25. The summed E-state index contributed by atoms with van der Waals surface area (Å²) in [6.07, 6.45) is 7.54. The lowest BCUT2D eigenvalue weighted by Gasteiger charge is -2.10. The Morgan fingerprint density at radius 3 is 2.39 bits per heavy atom. The summed E-state index contributed by atoms with van der Waals surface area (Å²) >= 11 is 1.72. The molecule has 0 amide bonds. The number of thiophene rings is 1. The third-order valence-corrected chi connectivity index (χ3v) is 8.11. The van der Waals surface area contributed by atoms with Crippen molar-refractivity contribution < 1.29 is 0 Å². The van der Waals surface area contributed by atoms with Crippen LogP contribution in [0.1, 0.15) is 0 Å². The lowest BCUT2D eigenvalue weighted by atomic mass is 10.1. The lowest BCUT2D eigenvalue weighted by molar-refractivity contribution is 1.15. The van der Waals surface area contributed by atoms with Crippen molar-refractivity contribution in [3.8, 4) is 28.3 Å². The van der Waals surface area contributed by atoms with Crippen molar-refractivity contribution in [1.82, 2.24) is 24.5 Å². The maximum atomic E-state index is 5.01. The maximum absolute atomic E-state index is 5.01. The van der Waals surface area contributed by atoms with Gasteiger partial charge in [0, 0.05) is 62.3 Å². The Labute approximate surface area is 221 Å². The first-order chi connectivity index (χ1) is 18.8. The third-order valence-electron chi connectivity index (χ3n) is 7.02. The summed E-state index contributed by atoms with van der Waals surface area (Å²) in [5.74, 6) is 0. The van der Waals surface area contributed by atoms with E-state index >= 15 is 0 Å². The molecule has 8 aromatic rings. The molecular formula is C32H19N5S. The molecule has 0 aliphatic carbocycles. The van der Waals surface area contributed by atoms with Crippen molar-refractivity contribution in [1.29, 1.82) is 0 Å². The molecule has 0 aliphatic rings. The molecule has 0 aliphatic heterocycles. The molecule has 6 heterocycles. The highest BCUT2D eigenvalue weighted by atomic mass is 32.1. The van der Waals surface area contributed by atoms with E-state index < -0.39 is 0 Å². The summed E-state index contributed by atoms with van der Waals surface area (Å²) in [5, 5.41) is 4.70. The van der Waals surface area contributed by atoms with Gasteiger partial charge in [-0.15, -0.1) is 11.3 Å². The van der Waals surface area contributed by atoms with E-state index in [9.17, 15) is 0 Å². The zero-order chi connectivity index (χ0) is 25.1. The summed E-state index contributed by atoms with van der Waals surface area (Å²) in [7, 11) is 0. The van der Waals surface area contributed by atoms with Gasteiger partial charge in [0.15, 0.2) is 0 Å². The first-order valence-electron chi connectivity index (χ1n) is 12.4. The number of para-hydroxylation sites is 1. The minimum absolute atomic E-state index is 0.819. The Kier molecular flexibility index (Phi) is 4.62. The molecule has 0 saturated heterocycles. The molecular weight excluding hydrogens is 486 g/mol. The fourth-order valence-electron chi connectivity index (χ4n) is 5.28. The number of pyridine rings is 4. The second-order valence-electron chi connectivity index (χ2n) is 9.23. The highest BCUT2D eigenvalue weighted by Crippen LogP contribution is 2.35. The van der Waals surface area contributed by atoms with E-state index in [1.54, 1.807) is 11.3 Å². The Bertz CT molecular complexity index is 2100. The Morgan fingerprint density at radius 2 is 1.42 bits per heavy atom. The second-order valence-corrected chi connectivity index (χ2v) is 10.3. The van der Waals surface area contributed by atoms with Crippen LogP contribution in [0.15, 0.2) is 116 Å². The fraction of sp³-hybridized carbons (Fsp3) is 0. The molecule has 5 nitrogen and oxygen atoms in total. The number of rotatable bonds is 3. The topological polar surface area (TPSA) is 56.5 Å². The smallest absolute Gasteiger partial charge is 0.124 e. The van der Waals surface area contributed by atoms with Crippen molar-refractivity contribution in [2.24, 2.45) is 0 Å². The maximum Gasteiger partial charge on any atom is 0.124 e. The van der Waals surface area contributed by atoms with Gasteiger partial charge in [0.2, 0.25) is 0 Å². The molecule has 8 rings (SSSR count). The number of benzene rings is 2. The predicted octanol–water partition coefficient (Wildman–Crippen LogP) is 8.07. The first kappa shape index (κ1) is 21.2. The highest BCUT2D eigenvalue weighted by Gasteiger charge is 2.14. The van der Waals surface area contributed by atoms with E-state index in [2.05, 4.69) is 76.3 Å². The monoisotopic (exact) mass is 505 g/mol. The van der Waals surface area contributed by atoms with Crippen LogP contribution in [-0.2, 0) is 0 Å². The van der Waals surface area contributed by atoms with Crippen LogP contribution < -0.4 is 0 Å². The van der Waals surface area contributed by atoms with Crippen molar-refractivity contribution in [2.45, 2.75) is 0 Å². The molecule has 0 radical (unpaired) electrons. The van der Waals surface area contributed by atoms with Crippen molar-refractivity contribution in [3.05, 3.63) is 116 Å². The first-order valence-corrected chi connectivity index (χ1v) is 13.2. The van der Waals surface area contributed by atoms with Crippen LogP contribution in [0.3, 0.4) is 0 Å². The van der Waals surface area contributed by atoms with E-state index in [1.165, 1.54) is 15.5 Å². The second kappa shape index (κ2) is 8.30. The molecule has 0 atom stereocenters. The molecule has 6 aromatic heterocycles. The number of nitrogens with zero attached hydrogens (tertiary/aromatic N) is 5. The third kappa shape index (κ3) is 3.24. The molecule has 0 spiro atoms. The van der Waals surface area contributed by atoms with Gasteiger partial charge in [-0.3, -0.25) is 9.97 Å². The number of hydrogen-bond donors (Lipinski definition) is 0. The molecule has 6 heteroatoms. The zero-order valence-corrected chi connectivity index (χ0v) is 20.9. The quantitative estimate of drug-likeness (QED) is 0.244. The molecule has 38 heavy (non-hydrogen) atoms. The van der Waals surface area contributed by atoms with Crippen LogP contribution in [0.2, 0.25) is 0 Å². The van der Waals surface area contributed by atoms with Crippen molar-refractivity contribution in [2.75, 3.05) is 0 Å². The molecule has 0 bridgehead atoms. The standard InChI is InChI=1S/C32H19N5S/c1-3-10-29-22(6-1)25-19-33-14-13-30(25)37(29)21-12-15-34-28(17-21)27-9-5-8-26(36-27)20-16-24-23-7-2-4-11-31(23)38-32(24)35-18-20/h1-19H. The summed E-state index contributed by atoms with van der Waals surface area (Å²) in [4.78, 5) is 19.9. The van der Waals surface area contributed by atoms with Crippen LogP contribution in [0.5, 0.6) is 0 Å². The van der Waals surface area contributed by atoms with Gasteiger partial charge in [-0.1, -0.05) is 42.5 Å². The largest absolute Gasteiger partial charge is 0.309 e. The van der Waals surface area contributed by atoms with E-state index in [1.807, 2.05) is 49.1 Å². The van der Waals surface area contributed by atoms with Gasteiger partial charge in [0.25, 0.3) is 0 Å². The van der Waals surface area contributed by atoms with E-state index in [0.717, 1.165) is 55.0 Å². The minimum Gasteiger partial charge on any atom is -0.309 e. The van der Waals surface area contributed by atoms with Gasteiger partial charge < -0.3 is 4.57 Å². The molecule has 0 unspecified atom stereocenters. The minimum atomic E-state index is 0.819. The van der Waals surface area contributed by atoms with Crippen LogP contribution in [0.25, 0.3) is 70.4 Å². The molecule has 178 valence electrons. The van der Waals surface area contributed by atoms with Gasteiger partial charge >= 0.3 is 0 Å². The summed E-state index contributed by atoms with van der Waals surface area (Å²) in [6, 6.07) is 31.4. The average Bonchev–Trinajstić information content (AvgIpc) is 3.53. The summed E-state index contributed by atoms with van der Waals surface area (Å²) in [5.41, 5.74) is 6.80. The van der Waals surface area contributed by atoms with Crippen molar-refractivity contribution in [3.63, 3.8) is 0 Å². The number of fused-ring (bicyclic) bond motifs is 6. The zero-order valence-electron chi connectivity index (χ0n) is 20.1. The van der Waals surface area contributed by atoms with Crippen molar-refractivity contribution >= 4 is 53.4 Å².